The van der Waals surface area contributed by atoms with Crippen LogP contribution in [0, 0.1) is 0 Å². The average Bonchev–Trinajstić information content (AvgIpc) is 2.79. The summed E-state index contributed by atoms with van der Waals surface area (Å²) in [6.07, 6.45) is 0.268. The summed E-state index contributed by atoms with van der Waals surface area (Å²) in [4.78, 5) is 15.0. The highest BCUT2D eigenvalue weighted by Gasteiger charge is 2.19. The number of nitrogens with zero attached hydrogens (tertiary/aromatic N) is 1. The summed E-state index contributed by atoms with van der Waals surface area (Å²) in [6, 6.07) is 17.6. The number of amides is 1. The average molecular weight is 406 g/mol. The highest BCUT2D eigenvalue weighted by molar-refractivity contribution is 6.02. The number of fused-ring (bicyclic) bond motifs is 1. The molecule has 156 valence electrons. The zero-order chi connectivity index (χ0) is 20.9. The van der Waals surface area contributed by atoms with Crippen LogP contribution in [-0.2, 0) is 16.0 Å². The van der Waals surface area contributed by atoms with Crippen molar-refractivity contribution in [2.75, 3.05) is 50.7 Å². The second-order valence-corrected chi connectivity index (χ2v) is 7.19. The first-order valence-corrected chi connectivity index (χ1v) is 10.0. The first kappa shape index (κ1) is 20.0. The maximum Gasteiger partial charge on any atom is 0.228 e. The number of ether oxygens (including phenoxy) is 3. The number of rotatable bonds is 6. The van der Waals surface area contributed by atoms with Crippen molar-refractivity contribution in [3.05, 3.63) is 60.2 Å². The van der Waals surface area contributed by atoms with Gasteiger partial charge in [0.05, 0.1) is 33.9 Å². The van der Waals surface area contributed by atoms with Gasteiger partial charge in [-0.15, -0.1) is 0 Å². The second kappa shape index (κ2) is 9.05. The van der Waals surface area contributed by atoms with Gasteiger partial charge in [0.2, 0.25) is 5.91 Å². The van der Waals surface area contributed by atoms with Crippen LogP contribution in [0.25, 0.3) is 10.8 Å². The van der Waals surface area contributed by atoms with Crippen molar-refractivity contribution in [3.63, 3.8) is 0 Å². The molecule has 0 atom stereocenters. The van der Waals surface area contributed by atoms with Crippen molar-refractivity contribution in [1.82, 2.24) is 0 Å². The molecule has 0 radical (unpaired) electrons. The van der Waals surface area contributed by atoms with E-state index in [9.17, 15) is 4.79 Å². The molecule has 1 aliphatic rings. The summed E-state index contributed by atoms with van der Waals surface area (Å²) in [5, 5.41) is 4.99. The van der Waals surface area contributed by atoms with Crippen LogP contribution in [0.2, 0.25) is 0 Å². The van der Waals surface area contributed by atoms with E-state index in [1.54, 1.807) is 14.2 Å². The number of para-hydroxylation sites is 1. The Labute approximate surface area is 176 Å². The Morgan fingerprint density at radius 1 is 0.967 bits per heavy atom. The van der Waals surface area contributed by atoms with Crippen LogP contribution >= 0.6 is 0 Å². The third kappa shape index (κ3) is 4.19. The third-order valence-corrected chi connectivity index (χ3v) is 5.35. The summed E-state index contributed by atoms with van der Waals surface area (Å²) in [7, 11) is 3.26. The van der Waals surface area contributed by atoms with Crippen molar-refractivity contribution in [2.24, 2.45) is 0 Å². The lowest BCUT2D eigenvalue weighted by Crippen LogP contribution is -2.36. The molecule has 0 aromatic heterocycles. The van der Waals surface area contributed by atoms with E-state index in [4.69, 9.17) is 14.2 Å². The quantitative estimate of drug-likeness (QED) is 0.673. The number of hydrogen-bond donors (Lipinski definition) is 1. The SMILES string of the molecule is COc1cc2c(CC(=O)Nc3ccccc3)ccc(N3CCOCC3)c2cc1OC. The van der Waals surface area contributed by atoms with Crippen LogP contribution in [0.15, 0.2) is 54.6 Å². The number of hydrogen-bond acceptors (Lipinski definition) is 5. The van der Waals surface area contributed by atoms with Crippen molar-refractivity contribution in [1.29, 1.82) is 0 Å². The molecule has 30 heavy (non-hydrogen) atoms. The van der Waals surface area contributed by atoms with Gasteiger partial charge in [0.25, 0.3) is 0 Å². The largest absolute Gasteiger partial charge is 0.493 e. The minimum atomic E-state index is -0.0589. The zero-order valence-electron chi connectivity index (χ0n) is 17.3. The number of anilines is 2. The Morgan fingerprint density at radius 3 is 2.30 bits per heavy atom. The molecule has 4 rings (SSSR count). The molecule has 0 unspecified atom stereocenters. The van der Waals surface area contributed by atoms with E-state index < -0.39 is 0 Å². The summed E-state index contributed by atoms with van der Waals surface area (Å²) in [6.45, 7) is 3.07. The van der Waals surface area contributed by atoms with E-state index in [1.165, 1.54) is 0 Å². The van der Waals surface area contributed by atoms with E-state index in [0.29, 0.717) is 24.7 Å². The van der Waals surface area contributed by atoms with Crippen LogP contribution in [0.3, 0.4) is 0 Å². The molecule has 1 saturated heterocycles. The second-order valence-electron chi connectivity index (χ2n) is 7.19. The molecule has 3 aromatic rings. The van der Waals surface area contributed by atoms with E-state index in [-0.39, 0.29) is 12.3 Å². The van der Waals surface area contributed by atoms with Crippen molar-refractivity contribution >= 4 is 28.1 Å². The molecule has 6 heteroatoms. The molecule has 0 spiro atoms. The predicted octanol–water partition coefficient (Wildman–Crippen LogP) is 3.87. The van der Waals surface area contributed by atoms with E-state index in [1.807, 2.05) is 48.5 Å². The fraction of sp³-hybridized carbons (Fsp3) is 0.292. The fourth-order valence-electron chi connectivity index (χ4n) is 3.85. The Kier molecular flexibility index (Phi) is 6.05. The van der Waals surface area contributed by atoms with Crippen LogP contribution in [0.4, 0.5) is 11.4 Å². The normalized spacial score (nSPS) is 13.9. The summed E-state index contributed by atoms with van der Waals surface area (Å²) in [5.41, 5.74) is 2.84. The molecule has 1 fully saturated rings. The van der Waals surface area contributed by atoms with Gasteiger partial charge in [0, 0.05) is 29.9 Å². The van der Waals surface area contributed by atoms with Gasteiger partial charge in [-0.25, -0.2) is 0 Å². The third-order valence-electron chi connectivity index (χ3n) is 5.35. The maximum absolute atomic E-state index is 12.7. The van der Waals surface area contributed by atoms with Gasteiger partial charge in [0.1, 0.15) is 0 Å². The Balaban J connectivity index is 1.73. The molecule has 1 aliphatic heterocycles. The maximum atomic E-state index is 12.7. The lowest BCUT2D eigenvalue weighted by molar-refractivity contribution is -0.115. The summed E-state index contributed by atoms with van der Waals surface area (Å²) in [5.74, 6) is 1.26. The highest BCUT2D eigenvalue weighted by Crippen LogP contribution is 2.38. The van der Waals surface area contributed by atoms with E-state index in [0.717, 1.165) is 40.8 Å². The lowest BCUT2D eigenvalue weighted by Gasteiger charge is -2.30. The molecular formula is C24H26N2O4. The van der Waals surface area contributed by atoms with Crippen LogP contribution in [0.5, 0.6) is 11.5 Å². The summed E-state index contributed by atoms with van der Waals surface area (Å²) >= 11 is 0. The molecule has 6 nitrogen and oxygen atoms in total. The lowest BCUT2D eigenvalue weighted by atomic mass is 9.98. The number of morpholine rings is 1. The van der Waals surface area contributed by atoms with Crippen molar-refractivity contribution < 1.29 is 19.0 Å². The molecule has 3 aromatic carbocycles. The Bertz CT molecular complexity index is 1030. The number of carbonyl (C=O) groups is 1. The zero-order valence-corrected chi connectivity index (χ0v) is 17.3. The van der Waals surface area contributed by atoms with Gasteiger partial charge in [-0.3, -0.25) is 4.79 Å². The fourth-order valence-corrected chi connectivity index (χ4v) is 3.85. The Morgan fingerprint density at radius 2 is 1.63 bits per heavy atom. The molecule has 0 aliphatic carbocycles. The van der Waals surface area contributed by atoms with Gasteiger partial charge >= 0.3 is 0 Å². The van der Waals surface area contributed by atoms with E-state index >= 15 is 0 Å². The molecular weight excluding hydrogens is 380 g/mol. The summed E-state index contributed by atoms with van der Waals surface area (Å²) < 4.78 is 16.6. The monoisotopic (exact) mass is 406 g/mol. The van der Waals surface area contributed by atoms with Crippen molar-refractivity contribution in [2.45, 2.75) is 6.42 Å². The number of methoxy groups -OCH3 is 2. The smallest absolute Gasteiger partial charge is 0.228 e. The van der Waals surface area contributed by atoms with Crippen molar-refractivity contribution in [3.8, 4) is 11.5 Å². The van der Waals surface area contributed by atoms with E-state index in [2.05, 4.69) is 16.3 Å². The van der Waals surface area contributed by atoms with Gasteiger partial charge < -0.3 is 24.4 Å². The van der Waals surface area contributed by atoms with Crippen LogP contribution in [-0.4, -0.2) is 46.4 Å². The van der Waals surface area contributed by atoms with Gasteiger partial charge in [-0.1, -0.05) is 24.3 Å². The molecule has 1 N–H and O–H groups in total. The minimum Gasteiger partial charge on any atom is -0.493 e. The molecule has 1 amide bonds. The first-order chi connectivity index (χ1) is 14.7. The standard InChI is InChI=1S/C24H26N2O4/c1-28-22-15-19-17(14-24(27)25-18-6-4-3-5-7-18)8-9-21(20(19)16-23(22)29-2)26-10-12-30-13-11-26/h3-9,15-16H,10-14H2,1-2H3,(H,25,27). The van der Waals surface area contributed by atoms with Crippen LogP contribution < -0.4 is 19.7 Å². The first-order valence-electron chi connectivity index (χ1n) is 10.0. The van der Waals surface area contributed by atoms with Gasteiger partial charge in [0.15, 0.2) is 11.5 Å². The molecule has 1 heterocycles. The number of nitrogens with one attached hydrogen (secondary N) is 1. The number of carbonyl (C=O) groups excluding carboxylic acids is 1. The van der Waals surface area contributed by atoms with Gasteiger partial charge in [-0.05, 0) is 41.3 Å². The predicted molar refractivity (Wildman–Crippen MR) is 119 cm³/mol. The van der Waals surface area contributed by atoms with Gasteiger partial charge in [-0.2, -0.15) is 0 Å². The van der Waals surface area contributed by atoms with Crippen LogP contribution in [0.1, 0.15) is 5.56 Å². The molecule has 0 bridgehead atoms. The topological polar surface area (TPSA) is 60.0 Å². The molecule has 0 saturated carbocycles. The highest BCUT2D eigenvalue weighted by atomic mass is 16.5. The Hall–Kier alpha value is -3.25. The number of benzene rings is 3. The minimum absolute atomic E-state index is 0.0589.